The fraction of sp³-hybridized carbons (Fsp3) is 0.400. The van der Waals surface area contributed by atoms with Crippen LogP contribution in [0, 0.1) is 11.2 Å². The second-order valence-corrected chi connectivity index (χ2v) is 8.80. The minimum atomic E-state index is -5.76. The van der Waals surface area contributed by atoms with Crippen molar-refractivity contribution < 1.29 is 35.9 Å². The van der Waals surface area contributed by atoms with Gasteiger partial charge in [0.1, 0.15) is 23.1 Å². The summed E-state index contributed by atoms with van der Waals surface area (Å²) < 4.78 is 79.5. The van der Waals surface area contributed by atoms with Gasteiger partial charge in [-0.2, -0.15) is 27.1 Å². The first-order valence-electron chi connectivity index (χ1n) is 10.2. The van der Waals surface area contributed by atoms with E-state index in [-0.39, 0.29) is 34.2 Å². The van der Waals surface area contributed by atoms with Crippen molar-refractivity contribution in [3.63, 3.8) is 0 Å². The Hall–Kier alpha value is -3.78. The largest absolute Gasteiger partial charge is 0.453 e. The molecule has 2 N–H and O–H groups in total. The Balaban J connectivity index is 1.62. The van der Waals surface area contributed by atoms with Gasteiger partial charge in [-0.05, 0) is 19.9 Å². The predicted molar refractivity (Wildman–Crippen MR) is 108 cm³/mol. The molecule has 0 spiro atoms. The Labute approximate surface area is 191 Å². The molecule has 1 unspecified atom stereocenters. The van der Waals surface area contributed by atoms with Crippen molar-refractivity contribution in [2.24, 2.45) is 5.41 Å². The number of rotatable bonds is 4. The van der Waals surface area contributed by atoms with Gasteiger partial charge in [0.2, 0.25) is 11.8 Å². The third-order valence-corrected chi connectivity index (χ3v) is 6.09. The van der Waals surface area contributed by atoms with Gasteiger partial charge in [0, 0.05) is 13.0 Å². The van der Waals surface area contributed by atoms with Crippen LogP contribution >= 0.6 is 0 Å². The van der Waals surface area contributed by atoms with Crippen LogP contribution < -0.4 is 10.6 Å². The summed E-state index contributed by atoms with van der Waals surface area (Å²) in [6, 6.07) is 0.953. The van der Waals surface area contributed by atoms with Crippen LogP contribution in [0.2, 0.25) is 0 Å². The van der Waals surface area contributed by atoms with Crippen LogP contribution in [0.15, 0.2) is 12.3 Å². The maximum Gasteiger partial charge on any atom is 0.453 e. The number of halogens is 6. The van der Waals surface area contributed by atoms with Crippen LogP contribution in [0.4, 0.5) is 38.0 Å². The molecule has 5 heterocycles. The molecule has 3 aromatic rings. The van der Waals surface area contributed by atoms with Gasteiger partial charge >= 0.3 is 12.1 Å². The highest BCUT2D eigenvalue weighted by Gasteiger charge is 2.57. The maximum absolute atomic E-state index is 14.0. The van der Waals surface area contributed by atoms with Gasteiger partial charge in [0.15, 0.2) is 11.5 Å². The van der Waals surface area contributed by atoms with Crippen LogP contribution in [0.1, 0.15) is 31.7 Å². The van der Waals surface area contributed by atoms with Crippen molar-refractivity contribution >= 4 is 34.5 Å². The number of carbonyl (C=O) groups is 2. The minimum absolute atomic E-state index is 0.00772. The number of hydrogen-bond acceptors (Lipinski definition) is 6. The molecule has 5 rings (SSSR count). The van der Waals surface area contributed by atoms with Crippen molar-refractivity contribution in [1.29, 1.82) is 0 Å². The molecule has 0 radical (unpaired) electrons. The lowest BCUT2D eigenvalue weighted by molar-refractivity contribution is -0.285. The first-order valence-corrected chi connectivity index (χ1v) is 10.2. The van der Waals surface area contributed by atoms with Crippen molar-refractivity contribution in [2.75, 3.05) is 10.6 Å². The zero-order valence-corrected chi connectivity index (χ0v) is 18.0. The molecule has 0 aromatic carbocycles. The van der Waals surface area contributed by atoms with Crippen LogP contribution in [0.3, 0.4) is 0 Å². The Morgan fingerprint density at radius 3 is 2.40 bits per heavy atom. The lowest BCUT2D eigenvalue weighted by Gasteiger charge is -2.33. The molecule has 35 heavy (non-hydrogen) atoms. The zero-order valence-electron chi connectivity index (χ0n) is 18.0. The molecular weight excluding hydrogens is 484 g/mol. The fourth-order valence-electron chi connectivity index (χ4n) is 4.19. The molecular formula is C20H15F6N7O2. The zero-order chi connectivity index (χ0) is 25.5. The van der Waals surface area contributed by atoms with Gasteiger partial charge < -0.3 is 10.6 Å². The van der Waals surface area contributed by atoms with Crippen LogP contribution in [-0.4, -0.2) is 48.6 Å². The van der Waals surface area contributed by atoms with E-state index in [1.165, 1.54) is 0 Å². The fourth-order valence-corrected chi connectivity index (χ4v) is 4.19. The van der Waals surface area contributed by atoms with Crippen molar-refractivity contribution in [2.45, 2.75) is 44.8 Å². The molecule has 0 fully saturated rings. The normalized spacial score (nSPS) is 19.0. The van der Waals surface area contributed by atoms with Gasteiger partial charge in [-0.1, -0.05) is 0 Å². The van der Waals surface area contributed by atoms with Crippen molar-refractivity contribution in [3.05, 3.63) is 23.6 Å². The minimum Gasteiger partial charge on any atom is -0.310 e. The third-order valence-electron chi connectivity index (χ3n) is 6.09. The van der Waals surface area contributed by atoms with E-state index in [4.69, 9.17) is 0 Å². The Morgan fingerprint density at radius 1 is 1.09 bits per heavy atom. The van der Waals surface area contributed by atoms with E-state index >= 15 is 0 Å². The average molecular weight is 499 g/mol. The molecule has 2 amide bonds. The number of hydrogen-bond donors (Lipinski definition) is 2. The first-order chi connectivity index (χ1) is 16.2. The predicted octanol–water partition coefficient (Wildman–Crippen LogP) is 3.63. The summed E-state index contributed by atoms with van der Waals surface area (Å²) in [5.41, 5.74) is -1.11. The molecule has 9 nitrogen and oxygen atoms in total. The second-order valence-electron chi connectivity index (χ2n) is 8.80. The van der Waals surface area contributed by atoms with E-state index in [0.717, 1.165) is 16.9 Å². The summed E-state index contributed by atoms with van der Waals surface area (Å²) in [6.07, 6.45) is -6.64. The molecule has 15 heteroatoms. The summed E-state index contributed by atoms with van der Waals surface area (Å²) in [5.74, 6) is -7.80. The van der Waals surface area contributed by atoms with Crippen LogP contribution in [0.5, 0.6) is 0 Å². The first kappa shape index (κ1) is 23.0. The van der Waals surface area contributed by atoms with Gasteiger partial charge in [0.25, 0.3) is 0 Å². The van der Waals surface area contributed by atoms with E-state index < -0.39 is 54.0 Å². The number of fused-ring (bicyclic) bond motifs is 1. The molecule has 0 bridgehead atoms. The number of pyridine rings is 1. The molecule has 3 aromatic heterocycles. The number of amides is 2. The summed E-state index contributed by atoms with van der Waals surface area (Å²) in [6.45, 7) is 2.26. The SMILES string of the molecule is CC1(C)C(=O)Nc2nc(-c3nn(CCC(F)(F)C(F)(F)F)c4ncc(F)cc34)nc3c2C1C(=O)N3. The topological polar surface area (TPSA) is 115 Å². The van der Waals surface area contributed by atoms with Crippen LogP contribution in [0.25, 0.3) is 22.6 Å². The molecule has 0 aliphatic carbocycles. The quantitative estimate of drug-likeness (QED) is 0.530. The van der Waals surface area contributed by atoms with Gasteiger partial charge in [-0.3, -0.25) is 9.59 Å². The second kappa shape index (κ2) is 7.11. The standard InChI is InChI=1S/C20H15F6N7O2/c1-18(2)10-9-12(30-16(10)34)28-14(29-13(9)31-17(18)35)11-8-5-7(21)6-27-15(8)33(32-11)4-3-19(22,23)20(24,25)26/h5-6,10H,3-4H2,1-2H3,(H2,28,29,30,31,34,35). The molecule has 0 saturated heterocycles. The van der Waals surface area contributed by atoms with E-state index in [0.29, 0.717) is 5.56 Å². The lowest BCUT2D eigenvalue weighted by atomic mass is 9.73. The molecule has 2 aliphatic rings. The van der Waals surface area contributed by atoms with Crippen LogP contribution in [-0.2, 0) is 16.1 Å². The summed E-state index contributed by atoms with van der Waals surface area (Å²) in [7, 11) is 0. The highest BCUT2D eigenvalue weighted by molar-refractivity contribution is 6.13. The maximum atomic E-state index is 14.0. The van der Waals surface area contributed by atoms with Gasteiger partial charge in [-0.15, -0.1) is 0 Å². The molecule has 0 saturated carbocycles. The van der Waals surface area contributed by atoms with Crippen molar-refractivity contribution in [3.8, 4) is 11.5 Å². The number of carbonyl (C=O) groups excluding carboxylic acids is 2. The highest BCUT2D eigenvalue weighted by atomic mass is 19.4. The Kier molecular flexibility index (Phi) is 4.67. The van der Waals surface area contributed by atoms with E-state index in [1.54, 1.807) is 13.8 Å². The Morgan fingerprint density at radius 2 is 1.74 bits per heavy atom. The van der Waals surface area contributed by atoms with E-state index in [1.807, 2.05) is 0 Å². The van der Waals surface area contributed by atoms with E-state index in [2.05, 4.69) is 30.7 Å². The molecule has 2 aliphatic heterocycles. The molecule has 184 valence electrons. The number of alkyl halides is 5. The van der Waals surface area contributed by atoms with Gasteiger partial charge in [0.05, 0.1) is 28.5 Å². The average Bonchev–Trinajstić information content (AvgIpc) is 3.27. The molecule has 1 atom stereocenters. The van der Waals surface area contributed by atoms with Gasteiger partial charge in [-0.25, -0.2) is 24.0 Å². The summed E-state index contributed by atoms with van der Waals surface area (Å²) in [4.78, 5) is 37.4. The summed E-state index contributed by atoms with van der Waals surface area (Å²) in [5, 5.41) is 9.12. The van der Waals surface area contributed by atoms with Crippen molar-refractivity contribution in [1.82, 2.24) is 24.7 Å². The number of aromatic nitrogens is 5. The lowest BCUT2D eigenvalue weighted by Crippen LogP contribution is -2.43. The number of aryl methyl sites for hydroxylation is 1. The summed E-state index contributed by atoms with van der Waals surface area (Å²) >= 11 is 0. The highest BCUT2D eigenvalue weighted by Crippen LogP contribution is 2.50. The monoisotopic (exact) mass is 499 g/mol. The Bertz CT molecular complexity index is 1420. The number of nitrogens with one attached hydrogen (secondary N) is 2. The third kappa shape index (κ3) is 3.39. The smallest absolute Gasteiger partial charge is 0.310 e. The number of nitrogens with zero attached hydrogens (tertiary/aromatic N) is 5. The van der Waals surface area contributed by atoms with E-state index in [9.17, 15) is 35.9 Å². The number of anilines is 2.